The number of hydrogen-bond acceptors (Lipinski definition) is 5. The minimum Gasteiger partial charge on any atom is -0.411 e. The summed E-state index contributed by atoms with van der Waals surface area (Å²) in [5.74, 6) is 0.798. The first-order valence-electron chi connectivity index (χ1n) is 8.80. The fourth-order valence-corrected chi connectivity index (χ4v) is 2.99. The highest BCUT2D eigenvalue weighted by Crippen LogP contribution is 2.25. The van der Waals surface area contributed by atoms with Gasteiger partial charge in [-0.15, -0.1) is 0 Å². The Morgan fingerprint density at radius 2 is 1.93 bits per heavy atom. The van der Waals surface area contributed by atoms with Crippen molar-refractivity contribution in [3.05, 3.63) is 72.2 Å². The van der Waals surface area contributed by atoms with E-state index in [0.29, 0.717) is 11.4 Å². The van der Waals surface area contributed by atoms with Crippen LogP contribution in [0.15, 0.2) is 65.9 Å². The molecular weight excluding hydrogens is 338 g/mol. The van der Waals surface area contributed by atoms with Crippen LogP contribution < -0.4 is 0 Å². The second-order valence-corrected chi connectivity index (χ2v) is 6.26. The molecule has 27 heavy (non-hydrogen) atoms. The van der Waals surface area contributed by atoms with E-state index in [1.54, 1.807) is 6.92 Å². The Morgan fingerprint density at radius 1 is 1.07 bits per heavy atom. The highest BCUT2D eigenvalue weighted by molar-refractivity contribution is 5.97. The van der Waals surface area contributed by atoms with E-state index in [9.17, 15) is 0 Å². The fraction of sp³-hybridized carbons (Fsp3) is 0.143. The number of aryl methyl sites for hydroxylation is 1. The molecule has 0 saturated carbocycles. The summed E-state index contributed by atoms with van der Waals surface area (Å²) in [6.07, 6.45) is 2.71. The quantitative estimate of drug-likeness (QED) is 0.337. The molecule has 6 nitrogen and oxygen atoms in total. The van der Waals surface area contributed by atoms with Crippen molar-refractivity contribution >= 4 is 16.6 Å². The summed E-state index contributed by atoms with van der Waals surface area (Å²) in [5, 5.41) is 17.8. The lowest BCUT2D eigenvalue weighted by Gasteiger charge is -2.07. The predicted octanol–water partition coefficient (Wildman–Crippen LogP) is 4.24. The van der Waals surface area contributed by atoms with E-state index in [-0.39, 0.29) is 0 Å². The lowest BCUT2D eigenvalue weighted by Crippen LogP contribution is -2.01. The maximum Gasteiger partial charge on any atom is 0.154 e. The molecule has 0 spiro atoms. The van der Waals surface area contributed by atoms with Crippen molar-refractivity contribution in [2.45, 2.75) is 20.3 Å². The third-order valence-corrected chi connectivity index (χ3v) is 4.51. The van der Waals surface area contributed by atoms with Gasteiger partial charge in [0.25, 0.3) is 0 Å². The summed E-state index contributed by atoms with van der Waals surface area (Å²) in [4.78, 5) is 9.27. The summed E-state index contributed by atoms with van der Waals surface area (Å²) < 4.78 is 1.85. The largest absolute Gasteiger partial charge is 0.411 e. The zero-order valence-electron chi connectivity index (χ0n) is 15.2. The zero-order valence-corrected chi connectivity index (χ0v) is 15.2. The van der Waals surface area contributed by atoms with E-state index in [4.69, 9.17) is 5.21 Å². The van der Waals surface area contributed by atoms with E-state index in [1.807, 2.05) is 59.4 Å². The number of fused-ring (bicyclic) bond motifs is 1. The first-order chi connectivity index (χ1) is 13.2. The van der Waals surface area contributed by atoms with E-state index >= 15 is 0 Å². The third-order valence-electron chi connectivity index (χ3n) is 4.51. The Bertz CT molecular complexity index is 1150. The Balaban J connectivity index is 1.83. The number of hydrogen-bond donors (Lipinski definition) is 1. The van der Waals surface area contributed by atoms with Crippen molar-refractivity contribution in [2.75, 3.05) is 0 Å². The van der Waals surface area contributed by atoms with Crippen molar-refractivity contribution in [3.8, 4) is 17.1 Å². The van der Waals surface area contributed by atoms with Crippen molar-refractivity contribution in [3.63, 3.8) is 0 Å². The van der Waals surface area contributed by atoms with Gasteiger partial charge >= 0.3 is 0 Å². The van der Waals surface area contributed by atoms with Crippen LogP contribution >= 0.6 is 0 Å². The topological polar surface area (TPSA) is 76.2 Å². The molecule has 1 N–H and O–H groups in total. The maximum atomic E-state index is 9.00. The van der Waals surface area contributed by atoms with Gasteiger partial charge in [-0.2, -0.15) is 5.10 Å². The monoisotopic (exact) mass is 357 g/mol. The van der Waals surface area contributed by atoms with Crippen LogP contribution in [-0.2, 0) is 6.42 Å². The van der Waals surface area contributed by atoms with Crippen LogP contribution in [0.4, 0.5) is 0 Å². The molecule has 0 radical (unpaired) electrons. The van der Waals surface area contributed by atoms with Crippen LogP contribution in [0.5, 0.6) is 0 Å². The molecule has 0 aliphatic heterocycles. The lowest BCUT2D eigenvalue weighted by atomic mass is 10.1. The standard InChI is InChI=1S/C21H19N5O/c1-3-17-6-4-9-21(23-17)26-20-12-15(10-11-16(20)13-22-26)19-8-5-7-18(24-19)14(2)25-27/h4-13,27H,3H2,1-2H3/b25-14-. The molecule has 6 heteroatoms. The first kappa shape index (κ1) is 16.9. The zero-order chi connectivity index (χ0) is 18.8. The number of benzene rings is 1. The molecule has 0 aliphatic carbocycles. The highest BCUT2D eigenvalue weighted by Gasteiger charge is 2.10. The number of oxime groups is 1. The van der Waals surface area contributed by atoms with Gasteiger partial charge in [0.15, 0.2) is 5.82 Å². The maximum absolute atomic E-state index is 9.00. The molecule has 0 aliphatic rings. The van der Waals surface area contributed by atoms with E-state index in [1.165, 1.54) is 0 Å². The van der Waals surface area contributed by atoms with Crippen LogP contribution in [-0.4, -0.2) is 30.7 Å². The van der Waals surface area contributed by atoms with Crippen LogP contribution in [0.25, 0.3) is 28.0 Å². The minimum atomic E-state index is 0.476. The summed E-state index contributed by atoms with van der Waals surface area (Å²) in [7, 11) is 0. The molecule has 4 rings (SSSR count). The van der Waals surface area contributed by atoms with Gasteiger partial charge in [-0.3, -0.25) is 0 Å². The summed E-state index contributed by atoms with van der Waals surface area (Å²) in [6.45, 7) is 3.80. The highest BCUT2D eigenvalue weighted by atomic mass is 16.4. The minimum absolute atomic E-state index is 0.476. The second kappa shape index (κ2) is 6.99. The van der Waals surface area contributed by atoms with Crippen molar-refractivity contribution < 1.29 is 5.21 Å². The predicted molar refractivity (Wildman–Crippen MR) is 105 cm³/mol. The molecule has 0 unspecified atom stereocenters. The molecule has 0 atom stereocenters. The molecule has 0 fully saturated rings. The molecule has 3 heterocycles. The Kier molecular flexibility index (Phi) is 4.38. The molecular formula is C21H19N5O. The third kappa shape index (κ3) is 3.17. The number of nitrogens with zero attached hydrogens (tertiary/aromatic N) is 5. The number of rotatable bonds is 4. The summed E-state index contributed by atoms with van der Waals surface area (Å²) in [6, 6.07) is 17.7. The Morgan fingerprint density at radius 3 is 2.74 bits per heavy atom. The van der Waals surface area contributed by atoms with Gasteiger partial charge in [0.05, 0.1) is 23.1 Å². The van der Waals surface area contributed by atoms with E-state index in [0.717, 1.165) is 40.1 Å². The molecule has 4 aromatic rings. The average molecular weight is 357 g/mol. The fourth-order valence-electron chi connectivity index (χ4n) is 2.99. The van der Waals surface area contributed by atoms with E-state index in [2.05, 4.69) is 33.2 Å². The second-order valence-electron chi connectivity index (χ2n) is 6.26. The summed E-state index contributed by atoms with van der Waals surface area (Å²) >= 11 is 0. The van der Waals surface area contributed by atoms with Crippen molar-refractivity contribution in [1.29, 1.82) is 0 Å². The molecule has 0 amide bonds. The van der Waals surface area contributed by atoms with Gasteiger partial charge in [0.2, 0.25) is 0 Å². The normalized spacial score (nSPS) is 11.9. The van der Waals surface area contributed by atoms with Gasteiger partial charge in [0.1, 0.15) is 5.71 Å². The van der Waals surface area contributed by atoms with Gasteiger partial charge < -0.3 is 5.21 Å². The Hall–Kier alpha value is -3.54. The molecule has 0 bridgehead atoms. The number of pyridine rings is 2. The molecule has 0 saturated heterocycles. The summed E-state index contributed by atoms with van der Waals surface area (Å²) in [5.41, 5.74) is 4.88. The number of aromatic nitrogens is 4. The molecule has 1 aromatic carbocycles. The smallest absolute Gasteiger partial charge is 0.154 e. The van der Waals surface area contributed by atoms with Crippen molar-refractivity contribution in [1.82, 2.24) is 19.7 Å². The Labute approximate surface area is 156 Å². The van der Waals surface area contributed by atoms with Crippen LogP contribution in [0.3, 0.4) is 0 Å². The van der Waals surface area contributed by atoms with Crippen LogP contribution in [0.2, 0.25) is 0 Å². The lowest BCUT2D eigenvalue weighted by molar-refractivity contribution is 0.319. The van der Waals surface area contributed by atoms with Gasteiger partial charge in [-0.05, 0) is 43.7 Å². The average Bonchev–Trinajstić information content (AvgIpc) is 3.16. The van der Waals surface area contributed by atoms with Gasteiger partial charge in [0, 0.05) is 16.6 Å². The van der Waals surface area contributed by atoms with Crippen molar-refractivity contribution in [2.24, 2.45) is 5.16 Å². The van der Waals surface area contributed by atoms with Gasteiger partial charge in [-0.25, -0.2) is 14.6 Å². The first-order valence-corrected chi connectivity index (χ1v) is 8.80. The molecule has 134 valence electrons. The SMILES string of the molecule is CCc1cccc(-n2ncc3ccc(-c4cccc(/C(C)=N\O)n4)cc32)n1. The van der Waals surface area contributed by atoms with Crippen LogP contribution in [0, 0.1) is 0 Å². The van der Waals surface area contributed by atoms with Gasteiger partial charge in [-0.1, -0.05) is 36.3 Å². The van der Waals surface area contributed by atoms with E-state index < -0.39 is 0 Å². The molecule has 3 aromatic heterocycles. The van der Waals surface area contributed by atoms with Crippen LogP contribution in [0.1, 0.15) is 25.2 Å².